The van der Waals surface area contributed by atoms with Crippen LogP contribution in [0.1, 0.15) is 32.6 Å². The zero-order valence-corrected chi connectivity index (χ0v) is 6.86. The van der Waals surface area contributed by atoms with Gasteiger partial charge < -0.3 is 0 Å². The van der Waals surface area contributed by atoms with E-state index in [1.165, 1.54) is 25.7 Å². The molecular weight excluding hydrogens is 140 g/mol. The van der Waals surface area contributed by atoms with Crippen LogP contribution < -0.4 is 0 Å². The number of rotatable bonds is 1. The maximum absolute atomic E-state index is 10.4. The van der Waals surface area contributed by atoms with Crippen molar-refractivity contribution in [2.24, 2.45) is 11.2 Å². The van der Waals surface area contributed by atoms with Gasteiger partial charge in [0.05, 0.1) is 17.4 Å². The quantitative estimate of drug-likeness (QED) is 0.540. The van der Waals surface area contributed by atoms with Gasteiger partial charge in [-0.05, 0) is 38.5 Å². The maximum Gasteiger partial charge on any atom is 0.0529 e. The molecule has 3 heteroatoms. The van der Waals surface area contributed by atoms with Crippen molar-refractivity contribution in [1.29, 1.82) is 0 Å². The number of nitrogens with zero attached hydrogens (tertiary/aromatic N) is 2. The largest absolute Gasteiger partial charge is 0.255 e. The normalized spacial score (nSPS) is 42.6. The summed E-state index contributed by atoms with van der Waals surface area (Å²) >= 11 is 0. The van der Waals surface area contributed by atoms with E-state index in [-0.39, 0.29) is 0 Å². The van der Waals surface area contributed by atoms with Crippen LogP contribution in [-0.4, -0.2) is 17.1 Å². The van der Waals surface area contributed by atoms with Crippen molar-refractivity contribution < 1.29 is 0 Å². The van der Waals surface area contributed by atoms with Crippen molar-refractivity contribution in [1.82, 2.24) is 5.01 Å². The molecular formula is C8H14N2O. The Labute approximate surface area is 66.7 Å². The van der Waals surface area contributed by atoms with Gasteiger partial charge in [0.1, 0.15) is 0 Å². The monoisotopic (exact) mass is 154 g/mol. The van der Waals surface area contributed by atoms with E-state index < -0.39 is 0 Å². The number of hydrogen-bond donors (Lipinski definition) is 0. The van der Waals surface area contributed by atoms with Crippen molar-refractivity contribution in [2.45, 2.75) is 44.7 Å². The fourth-order valence-corrected chi connectivity index (χ4v) is 2.54. The minimum Gasteiger partial charge on any atom is -0.255 e. The highest BCUT2D eigenvalue weighted by Crippen LogP contribution is 2.39. The van der Waals surface area contributed by atoms with Gasteiger partial charge in [0.2, 0.25) is 0 Å². The van der Waals surface area contributed by atoms with E-state index in [2.05, 4.69) is 12.2 Å². The van der Waals surface area contributed by atoms with E-state index >= 15 is 0 Å². The number of nitroso groups, excluding NO2 is 1. The Morgan fingerprint density at radius 3 is 2.27 bits per heavy atom. The zero-order valence-electron chi connectivity index (χ0n) is 6.86. The molecule has 2 bridgehead atoms. The summed E-state index contributed by atoms with van der Waals surface area (Å²) in [6.07, 6.45) is 4.97. The molecule has 1 unspecified atom stereocenters. The first-order valence-corrected chi connectivity index (χ1v) is 4.44. The fourth-order valence-electron chi connectivity index (χ4n) is 2.54. The van der Waals surface area contributed by atoms with Gasteiger partial charge in [0, 0.05) is 0 Å². The molecule has 1 saturated carbocycles. The summed E-state index contributed by atoms with van der Waals surface area (Å²) in [5, 5.41) is 4.87. The second-order valence-corrected chi connectivity index (χ2v) is 3.77. The lowest BCUT2D eigenvalue weighted by Crippen LogP contribution is -2.50. The third-order valence-electron chi connectivity index (χ3n) is 3.31. The van der Waals surface area contributed by atoms with Crippen LogP contribution in [0.3, 0.4) is 0 Å². The van der Waals surface area contributed by atoms with Gasteiger partial charge in [-0.1, -0.05) is 0 Å². The number of fused-ring (bicyclic) bond motifs is 3. The molecule has 62 valence electrons. The van der Waals surface area contributed by atoms with Gasteiger partial charge in [-0.15, -0.1) is 4.91 Å². The van der Waals surface area contributed by atoms with Crippen LogP contribution in [0.2, 0.25) is 0 Å². The molecule has 0 aromatic rings. The molecule has 0 spiro atoms. The van der Waals surface area contributed by atoms with Crippen molar-refractivity contribution in [3.05, 3.63) is 4.91 Å². The van der Waals surface area contributed by atoms with E-state index in [1.54, 1.807) is 5.01 Å². The smallest absolute Gasteiger partial charge is 0.0529 e. The van der Waals surface area contributed by atoms with E-state index in [0.717, 1.165) is 5.92 Å². The lowest BCUT2D eigenvalue weighted by Gasteiger charge is -2.46. The van der Waals surface area contributed by atoms with Gasteiger partial charge in [0.25, 0.3) is 0 Å². The summed E-state index contributed by atoms with van der Waals surface area (Å²) in [6, 6.07) is 0.868. The van der Waals surface area contributed by atoms with E-state index in [4.69, 9.17) is 0 Å². The van der Waals surface area contributed by atoms with Crippen LogP contribution in [0.15, 0.2) is 5.29 Å². The minimum absolute atomic E-state index is 0.403. The molecule has 1 aliphatic carbocycles. The Balaban J connectivity index is 2.16. The van der Waals surface area contributed by atoms with E-state index in [1.807, 2.05) is 0 Å². The molecule has 3 nitrogen and oxygen atoms in total. The Hall–Kier alpha value is -0.600. The second kappa shape index (κ2) is 2.47. The SMILES string of the molecule is CC1C2CCC(CC2)N1N=O. The standard InChI is InChI=1S/C8H14N2O/c1-6-7-2-4-8(5-3-7)10(6)9-11/h6-8H,2-5H2,1H3. The van der Waals surface area contributed by atoms with E-state index in [9.17, 15) is 4.91 Å². The van der Waals surface area contributed by atoms with Crippen LogP contribution in [0.25, 0.3) is 0 Å². The molecule has 0 amide bonds. The molecule has 2 heterocycles. The molecule has 3 aliphatic rings. The third kappa shape index (κ3) is 0.940. The van der Waals surface area contributed by atoms with Crippen LogP contribution in [0.5, 0.6) is 0 Å². The maximum atomic E-state index is 10.4. The molecule has 0 radical (unpaired) electrons. The predicted octanol–water partition coefficient (Wildman–Crippen LogP) is 1.93. The summed E-state index contributed by atoms with van der Waals surface area (Å²) < 4.78 is 0. The second-order valence-electron chi connectivity index (χ2n) is 3.77. The molecule has 11 heavy (non-hydrogen) atoms. The molecule has 3 rings (SSSR count). The highest BCUT2D eigenvalue weighted by Gasteiger charge is 2.39. The molecule has 0 N–H and O–H groups in total. The molecule has 2 saturated heterocycles. The van der Waals surface area contributed by atoms with Gasteiger partial charge in [-0.25, -0.2) is 0 Å². The Kier molecular flexibility index (Phi) is 1.59. The zero-order chi connectivity index (χ0) is 7.84. The van der Waals surface area contributed by atoms with Crippen LogP contribution in [-0.2, 0) is 0 Å². The van der Waals surface area contributed by atoms with Gasteiger partial charge in [-0.3, -0.25) is 5.01 Å². The molecule has 2 aliphatic heterocycles. The summed E-state index contributed by atoms with van der Waals surface area (Å²) in [7, 11) is 0. The molecule has 0 aromatic carbocycles. The van der Waals surface area contributed by atoms with Crippen molar-refractivity contribution in [3.63, 3.8) is 0 Å². The van der Waals surface area contributed by atoms with Gasteiger partial charge >= 0.3 is 0 Å². The highest BCUT2D eigenvalue weighted by atomic mass is 16.3. The Bertz CT molecular complexity index is 161. The summed E-state index contributed by atoms with van der Waals surface area (Å²) in [6.45, 7) is 2.12. The Morgan fingerprint density at radius 1 is 1.27 bits per heavy atom. The average molecular weight is 154 g/mol. The number of hydrogen-bond acceptors (Lipinski definition) is 2. The first-order valence-electron chi connectivity index (χ1n) is 4.44. The lowest BCUT2D eigenvalue weighted by atomic mass is 9.76. The highest BCUT2D eigenvalue weighted by molar-refractivity contribution is 4.91. The van der Waals surface area contributed by atoms with Gasteiger partial charge in [-0.2, -0.15) is 0 Å². The van der Waals surface area contributed by atoms with Gasteiger partial charge in [0.15, 0.2) is 0 Å². The summed E-state index contributed by atoms with van der Waals surface area (Å²) in [4.78, 5) is 10.4. The van der Waals surface area contributed by atoms with Crippen molar-refractivity contribution in [3.8, 4) is 0 Å². The van der Waals surface area contributed by atoms with Crippen LogP contribution >= 0.6 is 0 Å². The first kappa shape index (κ1) is 7.07. The summed E-state index contributed by atoms with van der Waals surface area (Å²) in [5.74, 6) is 0.734. The lowest BCUT2D eigenvalue weighted by molar-refractivity contribution is -0.00278. The van der Waals surface area contributed by atoms with E-state index in [0.29, 0.717) is 12.1 Å². The minimum atomic E-state index is 0.403. The first-order chi connectivity index (χ1) is 5.33. The van der Waals surface area contributed by atoms with Crippen molar-refractivity contribution >= 4 is 0 Å². The molecule has 3 fully saturated rings. The topological polar surface area (TPSA) is 32.7 Å². The van der Waals surface area contributed by atoms with Crippen LogP contribution in [0, 0.1) is 10.8 Å². The van der Waals surface area contributed by atoms with Crippen molar-refractivity contribution in [2.75, 3.05) is 0 Å². The summed E-state index contributed by atoms with van der Waals surface area (Å²) in [5.41, 5.74) is 0. The average Bonchev–Trinajstić information content (AvgIpc) is 2.06. The predicted molar refractivity (Wildman–Crippen MR) is 42.8 cm³/mol. The Morgan fingerprint density at radius 2 is 1.91 bits per heavy atom. The third-order valence-corrected chi connectivity index (χ3v) is 3.31. The molecule has 0 aromatic heterocycles. The molecule has 1 atom stereocenters. The number of piperidine rings is 2. The fraction of sp³-hybridized carbons (Fsp3) is 1.00. The van der Waals surface area contributed by atoms with Crippen LogP contribution in [0.4, 0.5) is 0 Å².